The third kappa shape index (κ3) is 2.36. The fourth-order valence-corrected chi connectivity index (χ4v) is 1.63. The molecule has 1 aromatic carbocycles. The monoisotopic (exact) mass is 228 g/mol. The smallest absolute Gasteiger partial charge is 0.345 e. The molecule has 0 bridgehead atoms. The van der Waals surface area contributed by atoms with Gasteiger partial charge < -0.3 is 9.72 Å². The minimum atomic E-state index is -0.333. The summed E-state index contributed by atoms with van der Waals surface area (Å²) >= 11 is 0. The summed E-state index contributed by atoms with van der Waals surface area (Å²) in [4.78, 5) is 17.4. The van der Waals surface area contributed by atoms with Crippen LogP contribution in [0, 0.1) is 0 Å². The minimum Gasteiger partial charge on any atom is -0.490 e. The fourth-order valence-electron chi connectivity index (χ4n) is 1.63. The average molecular weight is 228 g/mol. The van der Waals surface area contributed by atoms with Gasteiger partial charge in [0, 0.05) is 6.20 Å². The van der Waals surface area contributed by atoms with E-state index in [0.717, 1.165) is 29.8 Å². The summed E-state index contributed by atoms with van der Waals surface area (Å²) in [5.41, 5.74) is 1.39. The predicted molar refractivity (Wildman–Crippen MR) is 63.9 cm³/mol. The molecule has 0 spiro atoms. The molecular weight excluding hydrogens is 216 g/mol. The van der Waals surface area contributed by atoms with Crippen molar-refractivity contribution >= 4 is 0 Å². The van der Waals surface area contributed by atoms with Crippen molar-refractivity contribution < 1.29 is 4.74 Å². The molecule has 4 heteroatoms. The standard InChI is InChI=1S/C13H12N2O2/c16-13-14-8-7-12(15-13)9-1-3-10(4-2-9)17-11-5-6-11/h1-4,7-8,11H,5-6H2,(H,14,15,16). The number of benzene rings is 1. The van der Waals surface area contributed by atoms with Gasteiger partial charge in [-0.2, -0.15) is 0 Å². The molecule has 0 amide bonds. The summed E-state index contributed by atoms with van der Waals surface area (Å²) in [5, 5.41) is 0. The fraction of sp³-hybridized carbons (Fsp3) is 0.231. The van der Waals surface area contributed by atoms with E-state index in [1.165, 1.54) is 6.20 Å². The van der Waals surface area contributed by atoms with E-state index < -0.39 is 0 Å². The third-order valence-corrected chi connectivity index (χ3v) is 2.67. The molecule has 1 N–H and O–H groups in total. The normalized spacial score (nSPS) is 14.6. The molecule has 0 atom stereocenters. The van der Waals surface area contributed by atoms with E-state index in [-0.39, 0.29) is 5.69 Å². The van der Waals surface area contributed by atoms with Crippen molar-refractivity contribution in [3.05, 3.63) is 47.0 Å². The van der Waals surface area contributed by atoms with Crippen LogP contribution in [0.2, 0.25) is 0 Å². The molecule has 4 nitrogen and oxygen atoms in total. The number of H-pyrrole nitrogens is 1. The molecule has 0 aliphatic heterocycles. The van der Waals surface area contributed by atoms with Gasteiger partial charge in [-0.25, -0.2) is 9.78 Å². The van der Waals surface area contributed by atoms with Crippen LogP contribution in [0.15, 0.2) is 41.3 Å². The lowest BCUT2D eigenvalue weighted by molar-refractivity contribution is 0.303. The molecule has 2 aromatic rings. The highest BCUT2D eigenvalue weighted by Gasteiger charge is 2.23. The molecule has 1 aromatic heterocycles. The van der Waals surface area contributed by atoms with Crippen molar-refractivity contribution in [2.24, 2.45) is 0 Å². The average Bonchev–Trinajstić information content (AvgIpc) is 3.14. The molecule has 86 valence electrons. The molecule has 1 fully saturated rings. The number of hydrogen-bond acceptors (Lipinski definition) is 3. The number of ether oxygens (including phenoxy) is 1. The first-order valence-electron chi connectivity index (χ1n) is 5.64. The van der Waals surface area contributed by atoms with Gasteiger partial charge in [-0.3, -0.25) is 0 Å². The predicted octanol–water partition coefficient (Wildman–Crippen LogP) is 1.98. The van der Waals surface area contributed by atoms with E-state index in [2.05, 4.69) is 9.97 Å². The van der Waals surface area contributed by atoms with Crippen LogP contribution in [-0.2, 0) is 0 Å². The van der Waals surface area contributed by atoms with E-state index in [1.807, 2.05) is 24.3 Å². The van der Waals surface area contributed by atoms with Gasteiger partial charge >= 0.3 is 5.69 Å². The zero-order chi connectivity index (χ0) is 11.7. The van der Waals surface area contributed by atoms with Crippen LogP contribution in [0.4, 0.5) is 0 Å². The maximum atomic E-state index is 11.1. The summed E-state index contributed by atoms with van der Waals surface area (Å²) in [6.07, 6.45) is 4.21. The lowest BCUT2D eigenvalue weighted by Crippen LogP contribution is -2.09. The van der Waals surface area contributed by atoms with Gasteiger partial charge in [-0.15, -0.1) is 0 Å². The molecule has 1 heterocycles. The highest BCUT2D eigenvalue weighted by Crippen LogP contribution is 2.27. The van der Waals surface area contributed by atoms with Crippen LogP contribution in [0.3, 0.4) is 0 Å². The molecule has 1 saturated carbocycles. The van der Waals surface area contributed by atoms with E-state index in [0.29, 0.717) is 6.10 Å². The molecule has 3 rings (SSSR count). The number of aromatic amines is 1. The summed E-state index contributed by atoms with van der Waals surface area (Å²) in [6, 6.07) is 9.49. The number of rotatable bonds is 3. The molecule has 0 unspecified atom stereocenters. The first kappa shape index (κ1) is 10.1. The summed E-state index contributed by atoms with van der Waals surface area (Å²) < 4.78 is 5.66. The number of nitrogens with one attached hydrogen (secondary N) is 1. The Balaban J connectivity index is 1.85. The first-order chi connectivity index (χ1) is 8.31. The van der Waals surface area contributed by atoms with Crippen molar-refractivity contribution in [3.63, 3.8) is 0 Å². The lowest BCUT2D eigenvalue weighted by Gasteiger charge is -2.05. The second-order valence-electron chi connectivity index (χ2n) is 4.13. The van der Waals surface area contributed by atoms with E-state index >= 15 is 0 Å². The van der Waals surface area contributed by atoms with Gasteiger partial charge in [0.15, 0.2) is 0 Å². The Bertz CT molecular complexity index is 570. The molecule has 0 radical (unpaired) electrons. The van der Waals surface area contributed by atoms with Gasteiger partial charge in [-0.05, 0) is 48.7 Å². The SMILES string of the molecule is O=c1nccc(-c2ccc(OC3CC3)cc2)[nH]1. The zero-order valence-electron chi connectivity index (χ0n) is 9.22. The summed E-state index contributed by atoms with van der Waals surface area (Å²) in [5.74, 6) is 0.882. The van der Waals surface area contributed by atoms with E-state index in [9.17, 15) is 4.79 Å². The van der Waals surface area contributed by atoms with Crippen LogP contribution in [0.5, 0.6) is 5.75 Å². The van der Waals surface area contributed by atoms with E-state index in [4.69, 9.17) is 4.74 Å². The Morgan fingerprint density at radius 3 is 2.59 bits per heavy atom. The van der Waals surface area contributed by atoms with Crippen LogP contribution in [0.25, 0.3) is 11.3 Å². The second-order valence-corrected chi connectivity index (χ2v) is 4.13. The van der Waals surface area contributed by atoms with Gasteiger partial charge in [-0.1, -0.05) is 0 Å². The van der Waals surface area contributed by atoms with Crippen molar-refractivity contribution in [1.29, 1.82) is 0 Å². The Labute approximate surface area is 98.3 Å². The van der Waals surface area contributed by atoms with Gasteiger partial charge in [0.2, 0.25) is 0 Å². The Hall–Kier alpha value is -2.10. The van der Waals surface area contributed by atoms with Crippen molar-refractivity contribution in [1.82, 2.24) is 9.97 Å². The third-order valence-electron chi connectivity index (χ3n) is 2.67. The number of aromatic nitrogens is 2. The Kier molecular flexibility index (Phi) is 2.40. The molecule has 0 saturated heterocycles. The van der Waals surface area contributed by atoms with Gasteiger partial charge in [0.25, 0.3) is 0 Å². The molecule has 1 aliphatic carbocycles. The van der Waals surface area contributed by atoms with Gasteiger partial charge in [0.05, 0.1) is 11.8 Å². The number of hydrogen-bond donors (Lipinski definition) is 1. The Morgan fingerprint density at radius 1 is 1.18 bits per heavy atom. The summed E-state index contributed by atoms with van der Waals surface area (Å²) in [7, 11) is 0. The Morgan fingerprint density at radius 2 is 1.94 bits per heavy atom. The molecular formula is C13H12N2O2. The molecule has 17 heavy (non-hydrogen) atoms. The second kappa shape index (κ2) is 4.05. The van der Waals surface area contributed by atoms with E-state index in [1.54, 1.807) is 6.07 Å². The first-order valence-corrected chi connectivity index (χ1v) is 5.64. The maximum absolute atomic E-state index is 11.1. The van der Waals surface area contributed by atoms with Crippen LogP contribution in [-0.4, -0.2) is 16.1 Å². The van der Waals surface area contributed by atoms with Crippen LogP contribution in [0.1, 0.15) is 12.8 Å². The maximum Gasteiger partial charge on any atom is 0.345 e. The minimum absolute atomic E-state index is 0.333. The van der Waals surface area contributed by atoms with Crippen LogP contribution >= 0.6 is 0 Å². The number of nitrogens with zero attached hydrogens (tertiary/aromatic N) is 1. The zero-order valence-corrected chi connectivity index (χ0v) is 9.22. The van der Waals surface area contributed by atoms with Crippen LogP contribution < -0.4 is 10.4 Å². The highest BCUT2D eigenvalue weighted by atomic mass is 16.5. The highest BCUT2D eigenvalue weighted by molar-refractivity contribution is 5.59. The largest absolute Gasteiger partial charge is 0.490 e. The van der Waals surface area contributed by atoms with Crippen molar-refractivity contribution in [2.45, 2.75) is 18.9 Å². The molecule has 1 aliphatic rings. The lowest BCUT2D eigenvalue weighted by atomic mass is 10.1. The van der Waals surface area contributed by atoms with Gasteiger partial charge in [0.1, 0.15) is 5.75 Å². The summed E-state index contributed by atoms with van der Waals surface area (Å²) in [6.45, 7) is 0. The topological polar surface area (TPSA) is 55.0 Å². The quantitative estimate of drug-likeness (QED) is 0.873. The van der Waals surface area contributed by atoms with Crippen molar-refractivity contribution in [2.75, 3.05) is 0 Å². The van der Waals surface area contributed by atoms with Crippen molar-refractivity contribution in [3.8, 4) is 17.0 Å².